The maximum absolute atomic E-state index is 12.5. The molecule has 3 N–H and O–H groups in total. The largest absolute Gasteiger partial charge is 0.495 e. The summed E-state index contributed by atoms with van der Waals surface area (Å²) >= 11 is 0. The summed E-state index contributed by atoms with van der Waals surface area (Å²) in [7, 11) is -2.16. The van der Waals surface area contributed by atoms with Crippen LogP contribution in [0, 0.1) is 0 Å². The van der Waals surface area contributed by atoms with Crippen LogP contribution in [0.25, 0.3) is 0 Å². The number of ether oxygens (including phenoxy) is 1. The molecule has 0 aromatic heterocycles. The molecular weight excluding hydrogens is 264 g/mol. The van der Waals surface area contributed by atoms with Gasteiger partial charge in [0.05, 0.1) is 7.11 Å². The summed E-state index contributed by atoms with van der Waals surface area (Å²) in [6, 6.07) is 4.56. The van der Waals surface area contributed by atoms with Gasteiger partial charge in [-0.3, -0.25) is 0 Å². The van der Waals surface area contributed by atoms with Crippen LogP contribution < -0.4 is 15.2 Å². The zero-order valence-corrected chi connectivity index (χ0v) is 12.1. The van der Waals surface area contributed by atoms with Crippen LogP contribution in [-0.4, -0.2) is 21.1 Å². The van der Waals surface area contributed by atoms with Crippen LogP contribution in [0.1, 0.15) is 32.6 Å². The van der Waals surface area contributed by atoms with Gasteiger partial charge >= 0.3 is 0 Å². The van der Waals surface area contributed by atoms with Crippen molar-refractivity contribution in [3.05, 3.63) is 18.2 Å². The summed E-state index contributed by atoms with van der Waals surface area (Å²) in [5.41, 5.74) is 5.76. The van der Waals surface area contributed by atoms with Crippen LogP contribution in [-0.2, 0) is 10.0 Å². The molecule has 1 aromatic carbocycles. The van der Waals surface area contributed by atoms with Gasteiger partial charge < -0.3 is 10.5 Å². The second kappa shape index (κ2) is 5.02. The first-order valence-electron chi connectivity index (χ1n) is 6.34. The molecule has 2 rings (SSSR count). The van der Waals surface area contributed by atoms with Gasteiger partial charge in [-0.05, 0) is 31.9 Å². The Kier molecular flexibility index (Phi) is 3.73. The molecule has 1 aromatic rings. The number of rotatable bonds is 4. The van der Waals surface area contributed by atoms with Crippen molar-refractivity contribution in [2.75, 3.05) is 12.8 Å². The molecule has 0 aliphatic heterocycles. The third-order valence-corrected chi connectivity index (χ3v) is 5.24. The van der Waals surface area contributed by atoms with Crippen LogP contribution in [0.3, 0.4) is 0 Å². The first kappa shape index (κ1) is 14.1. The molecule has 6 heteroatoms. The van der Waals surface area contributed by atoms with Gasteiger partial charge in [0, 0.05) is 17.3 Å². The lowest BCUT2D eigenvalue weighted by atomic mass is 10.0. The van der Waals surface area contributed by atoms with Crippen molar-refractivity contribution >= 4 is 15.7 Å². The Hall–Kier alpha value is -1.27. The van der Waals surface area contributed by atoms with Crippen molar-refractivity contribution in [2.45, 2.75) is 43.0 Å². The molecule has 0 unspecified atom stereocenters. The van der Waals surface area contributed by atoms with Gasteiger partial charge in [-0.2, -0.15) is 0 Å². The number of anilines is 1. The van der Waals surface area contributed by atoms with E-state index in [0.29, 0.717) is 5.69 Å². The summed E-state index contributed by atoms with van der Waals surface area (Å²) in [6.07, 6.45) is 3.84. The van der Waals surface area contributed by atoms with Crippen molar-refractivity contribution in [2.24, 2.45) is 0 Å². The van der Waals surface area contributed by atoms with Crippen LogP contribution >= 0.6 is 0 Å². The highest BCUT2D eigenvalue weighted by molar-refractivity contribution is 7.89. The zero-order valence-electron chi connectivity index (χ0n) is 11.3. The summed E-state index contributed by atoms with van der Waals surface area (Å²) in [4.78, 5) is 0.136. The Balaban J connectivity index is 2.34. The maximum Gasteiger partial charge on any atom is 0.244 e. The molecule has 106 valence electrons. The van der Waals surface area contributed by atoms with Gasteiger partial charge in [0.25, 0.3) is 0 Å². The number of sulfonamides is 1. The molecular formula is C13H20N2O3S. The molecule has 0 saturated heterocycles. The first-order valence-corrected chi connectivity index (χ1v) is 7.82. The fraction of sp³-hybridized carbons (Fsp3) is 0.538. The predicted molar refractivity (Wildman–Crippen MR) is 74.6 cm³/mol. The number of nitrogens with one attached hydrogen (secondary N) is 1. The summed E-state index contributed by atoms with van der Waals surface area (Å²) in [5, 5.41) is 0. The first-order chi connectivity index (χ1) is 8.86. The quantitative estimate of drug-likeness (QED) is 0.827. The van der Waals surface area contributed by atoms with E-state index in [1.807, 2.05) is 6.92 Å². The molecule has 5 nitrogen and oxygen atoms in total. The molecule has 0 radical (unpaired) electrons. The number of hydrogen-bond donors (Lipinski definition) is 2. The van der Waals surface area contributed by atoms with E-state index < -0.39 is 10.0 Å². The lowest BCUT2D eigenvalue weighted by Crippen LogP contribution is -2.43. The smallest absolute Gasteiger partial charge is 0.244 e. The summed E-state index contributed by atoms with van der Waals surface area (Å²) in [6.45, 7) is 1.95. The van der Waals surface area contributed by atoms with Gasteiger partial charge in [-0.25, -0.2) is 13.1 Å². The van der Waals surface area contributed by atoms with Gasteiger partial charge in [0.2, 0.25) is 10.0 Å². The van der Waals surface area contributed by atoms with Gasteiger partial charge in [-0.1, -0.05) is 12.8 Å². The molecule has 1 aliphatic rings. The fourth-order valence-electron chi connectivity index (χ4n) is 2.54. The van der Waals surface area contributed by atoms with Gasteiger partial charge in [0.1, 0.15) is 10.6 Å². The Bertz CT molecular complexity index is 563. The summed E-state index contributed by atoms with van der Waals surface area (Å²) < 4.78 is 32.8. The number of nitrogen functional groups attached to an aromatic ring is 1. The van der Waals surface area contributed by atoms with Gasteiger partial charge in [0.15, 0.2) is 0 Å². The Morgan fingerprint density at radius 3 is 2.53 bits per heavy atom. The Labute approximate surface area is 114 Å². The van der Waals surface area contributed by atoms with E-state index >= 15 is 0 Å². The minimum Gasteiger partial charge on any atom is -0.495 e. The maximum atomic E-state index is 12.5. The fourth-order valence-corrected chi connectivity index (χ4v) is 4.16. The summed E-state index contributed by atoms with van der Waals surface area (Å²) in [5.74, 6) is 0.272. The second-order valence-corrected chi connectivity index (χ2v) is 6.93. The molecule has 19 heavy (non-hydrogen) atoms. The molecule has 0 atom stereocenters. The van der Waals surface area contributed by atoms with Crippen LogP contribution in [0.15, 0.2) is 23.1 Å². The van der Waals surface area contributed by atoms with E-state index in [-0.39, 0.29) is 16.2 Å². The van der Waals surface area contributed by atoms with Crippen LogP contribution in [0.4, 0.5) is 5.69 Å². The average Bonchev–Trinajstić information content (AvgIpc) is 2.74. The second-order valence-electron chi connectivity index (χ2n) is 5.28. The van der Waals surface area contributed by atoms with Crippen LogP contribution in [0.2, 0.25) is 0 Å². The third-order valence-electron chi connectivity index (χ3n) is 3.57. The van der Waals surface area contributed by atoms with E-state index in [1.54, 1.807) is 6.07 Å². The Morgan fingerprint density at radius 1 is 1.32 bits per heavy atom. The molecule has 0 bridgehead atoms. The molecule has 1 saturated carbocycles. The molecule has 0 amide bonds. The average molecular weight is 284 g/mol. The lowest BCUT2D eigenvalue weighted by Gasteiger charge is -2.25. The molecule has 1 aliphatic carbocycles. The SMILES string of the molecule is COc1cc(N)ccc1S(=O)(=O)NC1(C)CCCC1. The highest BCUT2D eigenvalue weighted by Crippen LogP contribution is 2.32. The lowest BCUT2D eigenvalue weighted by molar-refractivity contribution is 0.398. The van der Waals surface area contributed by atoms with E-state index in [4.69, 9.17) is 10.5 Å². The zero-order chi connectivity index (χ0) is 14.1. The van der Waals surface area contributed by atoms with Crippen molar-refractivity contribution < 1.29 is 13.2 Å². The van der Waals surface area contributed by atoms with Crippen molar-refractivity contribution in [3.63, 3.8) is 0 Å². The predicted octanol–water partition coefficient (Wildman–Crippen LogP) is 1.89. The molecule has 0 spiro atoms. The highest BCUT2D eigenvalue weighted by atomic mass is 32.2. The van der Waals surface area contributed by atoms with E-state index in [1.165, 1.54) is 19.2 Å². The topological polar surface area (TPSA) is 81.4 Å². The minimum atomic E-state index is -3.59. The number of hydrogen-bond acceptors (Lipinski definition) is 4. The number of methoxy groups -OCH3 is 1. The van der Waals surface area contributed by atoms with Gasteiger partial charge in [-0.15, -0.1) is 0 Å². The van der Waals surface area contributed by atoms with Crippen LogP contribution in [0.5, 0.6) is 5.75 Å². The Morgan fingerprint density at radius 2 is 1.95 bits per heavy atom. The monoisotopic (exact) mass is 284 g/mol. The van der Waals surface area contributed by atoms with Crippen molar-refractivity contribution in [1.82, 2.24) is 4.72 Å². The van der Waals surface area contributed by atoms with E-state index in [9.17, 15) is 8.42 Å². The van der Waals surface area contributed by atoms with Crippen molar-refractivity contribution in [1.29, 1.82) is 0 Å². The standard InChI is InChI=1S/C13H20N2O3S/c1-13(7-3-4-8-13)15-19(16,17)12-6-5-10(14)9-11(12)18-2/h5-6,9,15H,3-4,7-8,14H2,1-2H3. The normalized spacial score (nSPS) is 18.4. The third kappa shape index (κ3) is 3.01. The van der Waals surface area contributed by atoms with Crippen molar-refractivity contribution in [3.8, 4) is 5.75 Å². The molecule has 0 heterocycles. The number of nitrogens with two attached hydrogens (primary N) is 1. The minimum absolute atomic E-state index is 0.136. The number of benzene rings is 1. The van der Waals surface area contributed by atoms with E-state index in [2.05, 4.69) is 4.72 Å². The molecule has 1 fully saturated rings. The highest BCUT2D eigenvalue weighted by Gasteiger charge is 2.34. The van der Waals surface area contributed by atoms with E-state index in [0.717, 1.165) is 25.7 Å².